The average molecular weight is 361 g/mol. The van der Waals surface area contributed by atoms with Crippen molar-refractivity contribution in [3.8, 4) is 0 Å². The molecule has 0 aromatic heterocycles. The molecule has 19 heavy (non-hydrogen) atoms. The Balaban J connectivity index is 2.40. The average Bonchev–Trinajstić information content (AvgIpc) is 2.33. The van der Waals surface area contributed by atoms with Crippen LogP contribution in [-0.4, -0.2) is 8.42 Å². The molecule has 0 unspecified atom stereocenters. The fourth-order valence-corrected chi connectivity index (χ4v) is 3.89. The van der Waals surface area contributed by atoms with E-state index in [1.54, 1.807) is 24.3 Å². The Bertz CT molecular complexity index is 716. The predicted octanol–water partition coefficient (Wildman–Crippen LogP) is 4.21. The summed E-state index contributed by atoms with van der Waals surface area (Å²) < 4.78 is 27.7. The molecule has 0 fully saturated rings. The molecule has 0 saturated carbocycles. The quantitative estimate of drug-likeness (QED) is 0.891. The van der Waals surface area contributed by atoms with Gasteiger partial charge in [0, 0.05) is 4.47 Å². The van der Waals surface area contributed by atoms with Gasteiger partial charge < -0.3 is 0 Å². The molecule has 1 N–H and O–H groups in total. The number of anilines is 1. The summed E-state index contributed by atoms with van der Waals surface area (Å²) in [5, 5.41) is 0.193. The van der Waals surface area contributed by atoms with Crippen LogP contribution < -0.4 is 4.72 Å². The molecule has 0 amide bonds. The van der Waals surface area contributed by atoms with E-state index >= 15 is 0 Å². The number of sulfonamides is 1. The number of halogens is 2. The zero-order valence-corrected chi connectivity index (χ0v) is 13.2. The van der Waals surface area contributed by atoms with Gasteiger partial charge in [-0.1, -0.05) is 29.8 Å². The lowest BCUT2D eigenvalue weighted by Crippen LogP contribution is -2.13. The topological polar surface area (TPSA) is 46.2 Å². The highest BCUT2D eigenvalue weighted by Crippen LogP contribution is 2.28. The lowest BCUT2D eigenvalue weighted by molar-refractivity contribution is 0.601. The van der Waals surface area contributed by atoms with Gasteiger partial charge in [0.15, 0.2) is 0 Å². The summed E-state index contributed by atoms with van der Waals surface area (Å²) in [5.41, 5.74) is 1.51. The third kappa shape index (κ3) is 3.29. The van der Waals surface area contributed by atoms with E-state index in [2.05, 4.69) is 20.7 Å². The van der Waals surface area contributed by atoms with Crippen LogP contribution in [0.15, 0.2) is 51.8 Å². The van der Waals surface area contributed by atoms with Crippen LogP contribution in [0.2, 0.25) is 5.02 Å². The Morgan fingerprint density at radius 3 is 2.47 bits per heavy atom. The molecule has 2 aromatic rings. The first-order valence-electron chi connectivity index (χ1n) is 5.43. The first kappa shape index (κ1) is 14.4. The standard InChI is InChI=1S/C13H11BrClNO2S/c1-9-6-7-12(10(14)8-9)16-19(17,18)13-5-3-2-4-11(13)15/h2-8,16H,1H3. The van der Waals surface area contributed by atoms with Gasteiger partial charge in [-0.15, -0.1) is 0 Å². The SMILES string of the molecule is Cc1ccc(NS(=O)(=O)c2ccccc2Cl)c(Br)c1. The van der Waals surface area contributed by atoms with E-state index in [1.807, 2.05) is 19.1 Å². The number of aryl methyl sites for hydroxylation is 1. The lowest BCUT2D eigenvalue weighted by atomic mass is 10.2. The summed E-state index contributed by atoms with van der Waals surface area (Å²) in [7, 11) is -3.69. The zero-order valence-electron chi connectivity index (χ0n) is 10.0. The van der Waals surface area contributed by atoms with Gasteiger partial charge in [-0.3, -0.25) is 4.72 Å². The van der Waals surface area contributed by atoms with Crippen molar-refractivity contribution in [2.45, 2.75) is 11.8 Å². The summed E-state index contributed by atoms with van der Waals surface area (Å²) >= 11 is 9.24. The van der Waals surface area contributed by atoms with E-state index in [0.29, 0.717) is 10.2 Å². The minimum Gasteiger partial charge on any atom is -0.278 e. The maximum atomic E-state index is 12.2. The molecular weight excluding hydrogens is 350 g/mol. The number of hydrogen-bond donors (Lipinski definition) is 1. The second-order valence-electron chi connectivity index (χ2n) is 4.02. The van der Waals surface area contributed by atoms with Crippen molar-refractivity contribution in [1.29, 1.82) is 0 Å². The minimum absolute atomic E-state index is 0.0594. The molecule has 0 radical (unpaired) electrons. The van der Waals surface area contributed by atoms with Crippen LogP contribution >= 0.6 is 27.5 Å². The number of nitrogens with one attached hydrogen (secondary N) is 1. The monoisotopic (exact) mass is 359 g/mol. The third-order valence-corrected chi connectivity index (χ3v) is 5.02. The van der Waals surface area contributed by atoms with Crippen molar-refractivity contribution in [2.75, 3.05) is 4.72 Å². The highest BCUT2D eigenvalue weighted by atomic mass is 79.9. The third-order valence-electron chi connectivity index (χ3n) is 2.50. The minimum atomic E-state index is -3.69. The van der Waals surface area contributed by atoms with Crippen LogP contribution in [0.3, 0.4) is 0 Å². The summed E-state index contributed by atoms with van der Waals surface area (Å²) in [6.45, 7) is 1.93. The molecule has 0 atom stereocenters. The largest absolute Gasteiger partial charge is 0.278 e. The highest BCUT2D eigenvalue weighted by Gasteiger charge is 2.18. The van der Waals surface area contributed by atoms with Crippen LogP contribution in [0.5, 0.6) is 0 Å². The normalized spacial score (nSPS) is 11.3. The summed E-state index contributed by atoms with van der Waals surface area (Å²) in [6.07, 6.45) is 0. The van der Waals surface area contributed by atoms with Gasteiger partial charge in [-0.2, -0.15) is 0 Å². The molecular formula is C13H11BrClNO2S. The van der Waals surface area contributed by atoms with E-state index in [4.69, 9.17) is 11.6 Å². The molecule has 6 heteroatoms. The summed E-state index contributed by atoms with van der Waals surface area (Å²) in [4.78, 5) is 0.0594. The maximum absolute atomic E-state index is 12.2. The van der Waals surface area contributed by atoms with Crippen LogP contribution in [-0.2, 0) is 10.0 Å². The van der Waals surface area contributed by atoms with E-state index in [0.717, 1.165) is 5.56 Å². The molecule has 0 heterocycles. The second kappa shape index (κ2) is 5.53. The molecule has 100 valence electrons. The predicted molar refractivity (Wildman–Crippen MR) is 81.1 cm³/mol. The molecule has 0 aliphatic rings. The molecule has 0 bridgehead atoms. The number of benzene rings is 2. The Morgan fingerprint density at radius 1 is 1.16 bits per heavy atom. The Hall–Kier alpha value is -1.04. The smallest absolute Gasteiger partial charge is 0.263 e. The van der Waals surface area contributed by atoms with Crippen LogP contribution in [0.4, 0.5) is 5.69 Å². The van der Waals surface area contributed by atoms with Crippen molar-refractivity contribution >= 4 is 43.2 Å². The molecule has 2 aromatic carbocycles. The van der Waals surface area contributed by atoms with Gasteiger partial charge in [-0.25, -0.2) is 8.42 Å². The van der Waals surface area contributed by atoms with Gasteiger partial charge in [0.1, 0.15) is 4.90 Å². The Kier molecular flexibility index (Phi) is 4.18. The summed E-state index contributed by atoms with van der Waals surface area (Å²) in [5.74, 6) is 0. The van der Waals surface area contributed by atoms with Crippen molar-refractivity contribution in [1.82, 2.24) is 0 Å². The van der Waals surface area contributed by atoms with Gasteiger partial charge in [-0.05, 0) is 52.7 Å². The molecule has 0 aliphatic carbocycles. The molecule has 0 aliphatic heterocycles. The molecule has 2 rings (SSSR count). The Morgan fingerprint density at radius 2 is 1.84 bits per heavy atom. The Labute approximate surface area is 125 Å². The van der Waals surface area contributed by atoms with Gasteiger partial charge >= 0.3 is 0 Å². The lowest BCUT2D eigenvalue weighted by Gasteiger charge is -2.11. The van der Waals surface area contributed by atoms with Crippen molar-refractivity contribution in [3.05, 3.63) is 57.5 Å². The van der Waals surface area contributed by atoms with Crippen molar-refractivity contribution in [3.63, 3.8) is 0 Å². The molecule has 0 saturated heterocycles. The van der Waals surface area contributed by atoms with Crippen LogP contribution in [0.1, 0.15) is 5.56 Å². The van der Waals surface area contributed by atoms with Gasteiger partial charge in [0.25, 0.3) is 10.0 Å². The van der Waals surface area contributed by atoms with Gasteiger partial charge in [0.05, 0.1) is 10.7 Å². The van der Waals surface area contributed by atoms with Crippen molar-refractivity contribution in [2.24, 2.45) is 0 Å². The van der Waals surface area contributed by atoms with Crippen molar-refractivity contribution < 1.29 is 8.42 Å². The van der Waals surface area contributed by atoms with E-state index < -0.39 is 10.0 Å². The fraction of sp³-hybridized carbons (Fsp3) is 0.0769. The number of hydrogen-bond acceptors (Lipinski definition) is 2. The second-order valence-corrected chi connectivity index (χ2v) is 6.93. The fourth-order valence-electron chi connectivity index (χ4n) is 1.57. The highest BCUT2D eigenvalue weighted by molar-refractivity contribution is 9.10. The van der Waals surface area contributed by atoms with Crippen LogP contribution in [0, 0.1) is 6.92 Å². The number of rotatable bonds is 3. The van der Waals surface area contributed by atoms with Crippen LogP contribution in [0.25, 0.3) is 0 Å². The first-order valence-corrected chi connectivity index (χ1v) is 8.09. The van der Waals surface area contributed by atoms with E-state index in [9.17, 15) is 8.42 Å². The van der Waals surface area contributed by atoms with E-state index in [-0.39, 0.29) is 9.92 Å². The van der Waals surface area contributed by atoms with E-state index in [1.165, 1.54) is 6.07 Å². The maximum Gasteiger partial charge on any atom is 0.263 e. The first-order chi connectivity index (χ1) is 8.90. The zero-order chi connectivity index (χ0) is 14.0. The molecule has 0 spiro atoms. The summed E-state index contributed by atoms with van der Waals surface area (Å²) in [6, 6.07) is 11.7. The van der Waals surface area contributed by atoms with Gasteiger partial charge in [0.2, 0.25) is 0 Å². The molecule has 3 nitrogen and oxygen atoms in total.